The van der Waals surface area contributed by atoms with E-state index in [1.165, 1.54) is 6.07 Å². The van der Waals surface area contributed by atoms with Crippen LogP contribution in [0.4, 0.5) is 19.0 Å². The number of anilines is 1. The van der Waals surface area contributed by atoms with E-state index < -0.39 is 12.3 Å². The van der Waals surface area contributed by atoms with Gasteiger partial charge in [-0.25, -0.2) is 0 Å². The van der Waals surface area contributed by atoms with Crippen LogP contribution < -0.4 is 10.5 Å². The van der Waals surface area contributed by atoms with Crippen molar-refractivity contribution in [1.29, 1.82) is 0 Å². The summed E-state index contributed by atoms with van der Waals surface area (Å²) in [4.78, 5) is 0. The van der Waals surface area contributed by atoms with Crippen LogP contribution in [0, 0.1) is 0 Å². The zero-order chi connectivity index (χ0) is 15.9. The summed E-state index contributed by atoms with van der Waals surface area (Å²) in [5.41, 5.74) is 6.47. The second-order valence-corrected chi connectivity index (χ2v) is 5.94. The van der Waals surface area contributed by atoms with E-state index in [0.717, 1.165) is 6.92 Å². The van der Waals surface area contributed by atoms with Gasteiger partial charge in [-0.05, 0) is 32.9 Å². The highest BCUT2D eigenvalue weighted by Gasteiger charge is 2.38. The molecule has 8 heteroatoms. The fourth-order valence-electron chi connectivity index (χ4n) is 1.97. The van der Waals surface area contributed by atoms with Crippen molar-refractivity contribution >= 4 is 32.7 Å². The number of nitrogens with zero attached hydrogens (tertiary/aromatic N) is 2. The molecule has 0 fully saturated rings. The van der Waals surface area contributed by atoms with Crippen LogP contribution in [0.5, 0.6) is 5.75 Å². The highest BCUT2D eigenvalue weighted by atomic mass is 79.9. The average molecular weight is 366 g/mol. The third kappa shape index (κ3) is 3.09. The summed E-state index contributed by atoms with van der Waals surface area (Å²) in [7, 11) is 0. The SMILES string of the molecule is CC(C)n1nc(N)c2c(OC(C)C(F)(F)F)cc(Br)cc21. The maximum Gasteiger partial charge on any atom is 0.425 e. The Morgan fingerprint density at radius 2 is 1.90 bits per heavy atom. The second-order valence-electron chi connectivity index (χ2n) is 5.02. The third-order valence-electron chi connectivity index (χ3n) is 3.02. The number of fused-ring (bicyclic) bond motifs is 1. The Hall–Kier alpha value is -1.44. The fraction of sp³-hybridized carbons (Fsp3) is 0.462. The van der Waals surface area contributed by atoms with Gasteiger partial charge in [0.05, 0.1) is 10.9 Å². The van der Waals surface area contributed by atoms with E-state index in [1.54, 1.807) is 10.7 Å². The molecule has 2 N–H and O–H groups in total. The van der Waals surface area contributed by atoms with E-state index >= 15 is 0 Å². The van der Waals surface area contributed by atoms with Gasteiger partial charge in [-0.3, -0.25) is 4.68 Å². The normalized spacial score (nSPS) is 13.9. The van der Waals surface area contributed by atoms with Gasteiger partial charge in [0.15, 0.2) is 11.9 Å². The van der Waals surface area contributed by atoms with Crippen molar-refractivity contribution < 1.29 is 17.9 Å². The van der Waals surface area contributed by atoms with Crippen LogP contribution in [-0.4, -0.2) is 22.1 Å². The lowest BCUT2D eigenvalue weighted by molar-refractivity contribution is -0.188. The number of aromatic nitrogens is 2. The molecular weight excluding hydrogens is 351 g/mol. The van der Waals surface area contributed by atoms with Crippen molar-refractivity contribution in [3.05, 3.63) is 16.6 Å². The van der Waals surface area contributed by atoms with Gasteiger partial charge in [-0.15, -0.1) is 0 Å². The molecule has 0 saturated carbocycles. The van der Waals surface area contributed by atoms with Crippen LogP contribution >= 0.6 is 15.9 Å². The molecule has 4 nitrogen and oxygen atoms in total. The van der Waals surface area contributed by atoms with Gasteiger partial charge in [-0.2, -0.15) is 18.3 Å². The smallest absolute Gasteiger partial charge is 0.425 e. The van der Waals surface area contributed by atoms with E-state index in [9.17, 15) is 13.2 Å². The molecule has 0 saturated heterocycles. The van der Waals surface area contributed by atoms with Crippen LogP contribution in [0.2, 0.25) is 0 Å². The van der Waals surface area contributed by atoms with E-state index in [1.807, 2.05) is 13.8 Å². The molecule has 1 unspecified atom stereocenters. The van der Waals surface area contributed by atoms with Gasteiger partial charge in [0.1, 0.15) is 5.75 Å². The van der Waals surface area contributed by atoms with Crippen molar-refractivity contribution in [1.82, 2.24) is 9.78 Å². The lowest BCUT2D eigenvalue weighted by Crippen LogP contribution is -2.31. The first-order valence-corrected chi connectivity index (χ1v) is 7.11. The molecule has 1 aromatic carbocycles. The second kappa shape index (κ2) is 5.40. The van der Waals surface area contributed by atoms with E-state index in [2.05, 4.69) is 21.0 Å². The first-order chi connectivity index (χ1) is 9.61. The van der Waals surface area contributed by atoms with Crippen molar-refractivity contribution in [2.24, 2.45) is 0 Å². The van der Waals surface area contributed by atoms with Crippen LogP contribution in [0.25, 0.3) is 10.9 Å². The minimum atomic E-state index is -4.45. The Kier molecular flexibility index (Phi) is 4.10. The van der Waals surface area contributed by atoms with Crippen LogP contribution in [-0.2, 0) is 0 Å². The minimum absolute atomic E-state index is 0.0204. The molecule has 0 aliphatic carbocycles. The Morgan fingerprint density at radius 3 is 2.43 bits per heavy atom. The van der Waals surface area contributed by atoms with Gasteiger partial charge in [0.2, 0.25) is 0 Å². The van der Waals surface area contributed by atoms with E-state index in [4.69, 9.17) is 10.5 Å². The van der Waals surface area contributed by atoms with Crippen molar-refractivity contribution in [3.63, 3.8) is 0 Å². The lowest BCUT2D eigenvalue weighted by Gasteiger charge is -2.18. The number of hydrogen-bond acceptors (Lipinski definition) is 3. The lowest BCUT2D eigenvalue weighted by atomic mass is 10.2. The topological polar surface area (TPSA) is 53.1 Å². The molecule has 2 aromatic rings. The highest BCUT2D eigenvalue weighted by molar-refractivity contribution is 9.10. The standard InChI is InChI=1S/C13H15BrF3N3O/c1-6(2)20-9-4-8(14)5-10(11(9)12(18)19-20)21-7(3)13(15,16)17/h4-7H,1-3H3,(H2,18,19). The number of ether oxygens (including phenoxy) is 1. The van der Waals surface area contributed by atoms with Crippen LogP contribution in [0.1, 0.15) is 26.8 Å². The quantitative estimate of drug-likeness (QED) is 0.882. The van der Waals surface area contributed by atoms with Gasteiger partial charge in [-0.1, -0.05) is 15.9 Å². The van der Waals surface area contributed by atoms with Crippen LogP contribution in [0.15, 0.2) is 16.6 Å². The number of benzene rings is 1. The maximum atomic E-state index is 12.7. The maximum absolute atomic E-state index is 12.7. The fourth-order valence-corrected chi connectivity index (χ4v) is 2.39. The zero-order valence-corrected chi connectivity index (χ0v) is 13.3. The summed E-state index contributed by atoms with van der Waals surface area (Å²) >= 11 is 3.27. The summed E-state index contributed by atoms with van der Waals surface area (Å²) in [6, 6.07) is 3.24. The Balaban J connectivity index is 2.59. The highest BCUT2D eigenvalue weighted by Crippen LogP contribution is 2.37. The molecule has 1 heterocycles. The number of alkyl halides is 3. The zero-order valence-electron chi connectivity index (χ0n) is 11.7. The summed E-state index contributed by atoms with van der Waals surface area (Å²) in [6.45, 7) is 4.77. The Labute approximate surface area is 128 Å². The molecule has 0 aliphatic rings. The minimum Gasteiger partial charge on any atom is -0.480 e. The van der Waals surface area contributed by atoms with E-state index in [-0.39, 0.29) is 17.6 Å². The number of hydrogen-bond donors (Lipinski definition) is 1. The molecule has 0 radical (unpaired) electrons. The summed E-state index contributed by atoms with van der Waals surface area (Å²) in [5, 5.41) is 4.56. The molecule has 21 heavy (non-hydrogen) atoms. The van der Waals surface area contributed by atoms with Crippen molar-refractivity contribution in [2.75, 3.05) is 5.73 Å². The monoisotopic (exact) mass is 365 g/mol. The number of rotatable bonds is 3. The molecule has 0 amide bonds. The molecule has 116 valence electrons. The first kappa shape index (κ1) is 15.9. The predicted molar refractivity (Wildman–Crippen MR) is 78.4 cm³/mol. The Bertz CT molecular complexity index is 667. The molecule has 2 rings (SSSR count). The van der Waals surface area contributed by atoms with Gasteiger partial charge in [0.25, 0.3) is 0 Å². The molecule has 0 spiro atoms. The molecule has 0 bridgehead atoms. The number of nitrogen functional groups attached to an aromatic ring is 1. The van der Waals surface area contributed by atoms with Crippen molar-refractivity contribution in [2.45, 2.75) is 39.1 Å². The third-order valence-corrected chi connectivity index (χ3v) is 3.48. The average Bonchev–Trinajstić information content (AvgIpc) is 2.65. The van der Waals surface area contributed by atoms with Crippen LogP contribution in [0.3, 0.4) is 0 Å². The number of halogens is 4. The summed E-state index contributed by atoms with van der Waals surface area (Å²) < 4.78 is 45.4. The largest absolute Gasteiger partial charge is 0.480 e. The summed E-state index contributed by atoms with van der Waals surface area (Å²) in [6.07, 6.45) is -6.38. The van der Waals surface area contributed by atoms with Gasteiger partial charge >= 0.3 is 6.18 Å². The van der Waals surface area contributed by atoms with Gasteiger partial charge < -0.3 is 10.5 Å². The van der Waals surface area contributed by atoms with Gasteiger partial charge in [0, 0.05) is 10.5 Å². The molecule has 1 atom stereocenters. The van der Waals surface area contributed by atoms with E-state index in [0.29, 0.717) is 15.4 Å². The Morgan fingerprint density at radius 1 is 1.29 bits per heavy atom. The predicted octanol–water partition coefficient (Wildman–Crippen LogP) is 4.29. The summed E-state index contributed by atoms with van der Waals surface area (Å²) in [5.74, 6) is 0.212. The molecule has 0 aliphatic heterocycles. The molecule has 1 aromatic heterocycles. The molecular formula is C13H15BrF3N3O. The number of nitrogens with two attached hydrogens (primary N) is 1. The van der Waals surface area contributed by atoms with Crippen molar-refractivity contribution in [3.8, 4) is 5.75 Å². The first-order valence-electron chi connectivity index (χ1n) is 6.32.